The number of benzene rings is 2. The van der Waals surface area contributed by atoms with Crippen molar-refractivity contribution in [3.63, 3.8) is 0 Å². The molecule has 1 saturated heterocycles. The van der Waals surface area contributed by atoms with Crippen molar-refractivity contribution in [1.82, 2.24) is 10.2 Å². The van der Waals surface area contributed by atoms with Crippen LogP contribution in [0.4, 0.5) is 0 Å². The molecule has 0 bridgehead atoms. The summed E-state index contributed by atoms with van der Waals surface area (Å²) in [5.41, 5.74) is 3.57. The number of halogens is 1. The second-order valence-electron chi connectivity index (χ2n) is 6.48. The summed E-state index contributed by atoms with van der Waals surface area (Å²) < 4.78 is 5.51. The van der Waals surface area contributed by atoms with Gasteiger partial charge in [0.05, 0.1) is 13.2 Å². The number of carbonyl (C=O) groups is 1. The Balaban J connectivity index is 0.00000243. The van der Waals surface area contributed by atoms with E-state index in [1.165, 1.54) is 11.1 Å². The average molecular weight is 375 g/mol. The fraction of sp³-hybridized carbons (Fsp3) is 0.381. The first-order chi connectivity index (χ1) is 12.2. The Bertz CT molecular complexity index is 735. The number of para-hydroxylation sites is 1. The molecule has 4 nitrogen and oxygen atoms in total. The zero-order valence-corrected chi connectivity index (χ0v) is 16.2. The van der Waals surface area contributed by atoms with E-state index >= 15 is 0 Å². The number of nitrogens with zero attached hydrogens (tertiary/aromatic N) is 1. The molecule has 26 heavy (non-hydrogen) atoms. The Morgan fingerprint density at radius 2 is 1.92 bits per heavy atom. The highest BCUT2D eigenvalue weighted by molar-refractivity contribution is 5.85. The van der Waals surface area contributed by atoms with E-state index in [1.807, 2.05) is 35.2 Å². The second-order valence-corrected chi connectivity index (χ2v) is 6.48. The topological polar surface area (TPSA) is 41.6 Å². The van der Waals surface area contributed by atoms with E-state index in [0.29, 0.717) is 6.42 Å². The van der Waals surface area contributed by atoms with Crippen molar-refractivity contribution in [3.8, 4) is 5.75 Å². The molecule has 1 aliphatic heterocycles. The number of rotatable bonds is 5. The van der Waals surface area contributed by atoms with Crippen LogP contribution in [0, 0.1) is 6.92 Å². The van der Waals surface area contributed by atoms with Gasteiger partial charge in [-0.1, -0.05) is 42.5 Å². The molecule has 5 heteroatoms. The Hall–Kier alpha value is -2.04. The van der Waals surface area contributed by atoms with Gasteiger partial charge in [0, 0.05) is 31.6 Å². The summed E-state index contributed by atoms with van der Waals surface area (Å²) in [6, 6.07) is 16.3. The lowest BCUT2D eigenvalue weighted by Crippen LogP contribution is -2.48. The fourth-order valence-electron chi connectivity index (χ4n) is 3.50. The van der Waals surface area contributed by atoms with Crippen molar-refractivity contribution >= 4 is 18.3 Å². The van der Waals surface area contributed by atoms with Crippen LogP contribution in [0.1, 0.15) is 29.2 Å². The van der Waals surface area contributed by atoms with E-state index in [1.54, 1.807) is 7.11 Å². The van der Waals surface area contributed by atoms with E-state index < -0.39 is 0 Å². The average Bonchev–Trinajstić information content (AvgIpc) is 2.67. The van der Waals surface area contributed by atoms with Crippen LogP contribution in [-0.2, 0) is 11.2 Å². The maximum atomic E-state index is 12.9. The van der Waals surface area contributed by atoms with E-state index in [-0.39, 0.29) is 24.4 Å². The molecule has 2 aromatic rings. The van der Waals surface area contributed by atoms with Gasteiger partial charge in [0.25, 0.3) is 0 Å². The molecule has 1 unspecified atom stereocenters. The lowest BCUT2D eigenvalue weighted by Gasteiger charge is -2.37. The fourth-order valence-corrected chi connectivity index (χ4v) is 3.50. The van der Waals surface area contributed by atoms with Crippen molar-refractivity contribution in [3.05, 3.63) is 65.2 Å². The maximum Gasteiger partial charge on any atom is 0.223 e. The molecule has 1 aliphatic rings. The number of amides is 1. The first-order valence-corrected chi connectivity index (χ1v) is 8.88. The van der Waals surface area contributed by atoms with Gasteiger partial charge in [0.2, 0.25) is 5.91 Å². The predicted molar refractivity (Wildman–Crippen MR) is 107 cm³/mol. The van der Waals surface area contributed by atoms with Gasteiger partial charge in [0.1, 0.15) is 5.75 Å². The number of aryl methyl sites for hydroxylation is 2. The molecule has 1 amide bonds. The van der Waals surface area contributed by atoms with Gasteiger partial charge in [-0.25, -0.2) is 0 Å². The second kappa shape index (κ2) is 9.60. The summed E-state index contributed by atoms with van der Waals surface area (Å²) in [6.07, 6.45) is 1.32. The largest absolute Gasteiger partial charge is 0.496 e. The highest BCUT2D eigenvalue weighted by Crippen LogP contribution is 2.30. The summed E-state index contributed by atoms with van der Waals surface area (Å²) in [4.78, 5) is 14.9. The first kappa shape index (κ1) is 20.3. The molecule has 1 atom stereocenters. The van der Waals surface area contributed by atoms with Crippen LogP contribution >= 0.6 is 12.4 Å². The highest BCUT2D eigenvalue weighted by Gasteiger charge is 2.29. The van der Waals surface area contributed by atoms with E-state index in [4.69, 9.17) is 4.74 Å². The van der Waals surface area contributed by atoms with Crippen molar-refractivity contribution in [2.45, 2.75) is 25.8 Å². The molecule has 3 rings (SSSR count). The van der Waals surface area contributed by atoms with Crippen molar-refractivity contribution in [1.29, 1.82) is 0 Å². The van der Waals surface area contributed by atoms with Crippen LogP contribution in [0.15, 0.2) is 48.5 Å². The number of nitrogens with one attached hydrogen (secondary N) is 1. The molecule has 1 N–H and O–H groups in total. The molecule has 140 valence electrons. The van der Waals surface area contributed by atoms with Gasteiger partial charge >= 0.3 is 0 Å². The molecule has 2 aromatic carbocycles. The van der Waals surface area contributed by atoms with E-state index in [9.17, 15) is 4.79 Å². The minimum atomic E-state index is 0. The van der Waals surface area contributed by atoms with Gasteiger partial charge < -0.3 is 15.0 Å². The Morgan fingerprint density at radius 1 is 1.19 bits per heavy atom. The summed E-state index contributed by atoms with van der Waals surface area (Å²) in [6.45, 7) is 4.43. The van der Waals surface area contributed by atoms with Gasteiger partial charge in [0.15, 0.2) is 0 Å². The lowest BCUT2D eigenvalue weighted by atomic mass is 10.00. The van der Waals surface area contributed by atoms with Crippen LogP contribution in [0.25, 0.3) is 0 Å². The molecule has 1 fully saturated rings. The van der Waals surface area contributed by atoms with Crippen molar-refractivity contribution in [2.24, 2.45) is 0 Å². The molecule has 0 spiro atoms. The molecular formula is C21H27ClN2O2. The molecule has 0 aliphatic carbocycles. The quantitative estimate of drug-likeness (QED) is 0.870. The SMILES string of the molecule is COc1ccccc1C1CNCCN1C(=O)CCc1ccccc1C.Cl. The smallest absolute Gasteiger partial charge is 0.223 e. The maximum absolute atomic E-state index is 12.9. The van der Waals surface area contributed by atoms with Gasteiger partial charge in [-0.2, -0.15) is 0 Å². The van der Waals surface area contributed by atoms with Crippen LogP contribution in [0.2, 0.25) is 0 Å². The zero-order valence-electron chi connectivity index (χ0n) is 15.4. The third-order valence-electron chi connectivity index (χ3n) is 4.93. The number of ether oxygens (including phenoxy) is 1. The Kier molecular flexibility index (Phi) is 7.49. The number of methoxy groups -OCH3 is 1. The summed E-state index contributed by atoms with van der Waals surface area (Å²) >= 11 is 0. The minimum absolute atomic E-state index is 0. The number of hydrogen-bond donors (Lipinski definition) is 1. The standard InChI is InChI=1S/C21H26N2O2.ClH/c1-16-7-3-4-8-17(16)11-12-21(24)23-14-13-22-15-19(23)18-9-5-6-10-20(18)25-2;/h3-10,19,22H,11-15H2,1-2H3;1H. The molecule has 0 radical (unpaired) electrons. The molecular weight excluding hydrogens is 348 g/mol. The Labute approximate surface area is 162 Å². The van der Waals surface area contributed by atoms with Crippen LogP contribution in [-0.4, -0.2) is 37.6 Å². The number of piperazine rings is 1. The summed E-state index contributed by atoms with van der Waals surface area (Å²) in [5, 5.41) is 3.40. The van der Waals surface area contributed by atoms with E-state index in [2.05, 4.69) is 30.4 Å². The highest BCUT2D eigenvalue weighted by atomic mass is 35.5. The number of carbonyl (C=O) groups excluding carboxylic acids is 1. The van der Waals surface area contributed by atoms with E-state index in [0.717, 1.165) is 37.4 Å². The third kappa shape index (κ3) is 4.57. The summed E-state index contributed by atoms with van der Waals surface area (Å²) in [5.74, 6) is 1.05. The van der Waals surface area contributed by atoms with Crippen molar-refractivity contribution < 1.29 is 9.53 Å². The van der Waals surface area contributed by atoms with Crippen LogP contribution in [0.5, 0.6) is 5.75 Å². The zero-order chi connectivity index (χ0) is 17.6. The minimum Gasteiger partial charge on any atom is -0.496 e. The van der Waals surface area contributed by atoms with Crippen LogP contribution in [0.3, 0.4) is 0 Å². The lowest BCUT2D eigenvalue weighted by molar-refractivity contribution is -0.134. The van der Waals surface area contributed by atoms with Gasteiger partial charge in [-0.15, -0.1) is 12.4 Å². The third-order valence-corrected chi connectivity index (χ3v) is 4.93. The number of hydrogen-bond acceptors (Lipinski definition) is 3. The first-order valence-electron chi connectivity index (χ1n) is 8.88. The van der Waals surface area contributed by atoms with Crippen molar-refractivity contribution in [2.75, 3.05) is 26.7 Å². The predicted octanol–water partition coefficient (Wildman–Crippen LogP) is 3.53. The normalized spacial score (nSPS) is 16.7. The molecule has 0 aromatic heterocycles. The van der Waals surface area contributed by atoms with Gasteiger partial charge in [-0.3, -0.25) is 4.79 Å². The monoisotopic (exact) mass is 374 g/mol. The molecule has 0 saturated carbocycles. The Morgan fingerprint density at radius 3 is 2.69 bits per heavy atom. The van der Waals surface area contributed by atoms with Gasteiger partial charge in [-0.05, 0) is 30.5 Å². The summed E-state index contributed by atoms with van der Waals surface area (Å²) in [7, 11) is 1.68. The molecule has 1 heterocycles. The van der Waals surface area contributed by atoms with Crippen LogP contribution < -0.4 is 10.1 Å².